The number of hydrogen-bond acceptors (Lipinski definition) is 3. The summed E-state index contributed by atoms with van der Waals surface area (Å²) in [6, 6.07) is 13.5. The molecule has 0 atom stereocenters. The summed E-state index contributed by atoms with van der Waals surface area (Å²) >= 11 is 0. The lowest BCUT2D eigenvalue weighted by molar-refractivity contribution is -0.117. The van der Waals surface area contributed by atoms with Crippen molar-refractivity contribution >= 4 is 23.2 Å². The molecule has 1 fully saturated rings. The maximum absolute atomic E-state index is 14.1. The molecular weight excluding hydrogens is 357 g/mol. The van der Waals surface area contributed by atoms with Gasteiger partial charge in [-0.05, 0) is 62.0 Å². The molecule has 1 aliphatic rings. The largest absolute Gasteiger partial charge is 0.326 e. The Morgan fingerprint density at radius 1 is 1.00 bits per heavy atom. The Kier molecular flexibility index (Phi) is 7.14. The van der Waals surface area contributed by atoms with Gasteiger partial charge in [0.15, 0.2) is 0 Å². The number of hydrogen-bond donors (Lipinski definition) is 3. The first-order valence-corrected chi connectivity index (χ1v) is 9.74. The first-order chi connectivity index (χ1) is 13.6. The molecular formula is C22H26FN3O2. The molecule has 1 saturated heterocycles. The minimum absolute atomic E-state index is 0.0667. The predicted molar refractivity (Wildman–Crippen MR) is 109 cm³/mol. The van der Waals surface area contributed by atoms with Gasteiger partial charge in [-0.3, -0.25) is 9.59 Å². The number of rotatable bonds is 7. The van der Waals surface area contributed by atoms with Crippen LogP contribution in [0.4, 0.5) is 15.8 Å². The van der Waals surface area contributed by atoms with Crippen LogP contribution in [-0.4, -0.2) is 24.9 Å². The van der Waals surface area contributed by atoms with E-state index in [1.54, 1.807) is 0 Å². The summed E-state index contributed by atoms with van der Waals surface area (Å²) < 4.78 is 14.1. The van der Waals surface area contributed by atoms with E-state index in [0.717, 1.165) is 37.9 Å². The lowest BCUT2D eigenvalue weighted by Gasteiger charge is -2.22. The zero-order valence-corrected chi connectivity index (χ0v) is 15.8. The van der Waals surface area contributed by atoms with Gasteiger partial charge in [-0.25, -0.2) is 4.39 Å². The van der Waals surface area contributed by atoms with Crippen LogP contribution in [0.1, 0.15) is 31.2 Å². The quantitative estimate of drug-likeness (QED) is 0.682. The molecule has 28 heavy (non-hydrogen) atoms. The van der Waals surface area contributed by atoms with Crippen LogP contribution in [-0.2, 0) is 16.0 Å². The molecule has 0 saturated carbocycles. The standard InChI is InChI=1S/C22H26FN3O2/c23-19-8-7-18(25-21(27)9-6-16-10-12-24-13-11-16)15-20(19)26-22(28)14-17-4-2-1-3-5-17/h1-5,7-8,15-16,24H,6,9-14H2,(H,25,27)(H,26,28). The molecule has 148 valence electrons. The first-order valence-electron chi connectivity index (χ1n) is 9.74. The number of benzene rings is 2. The van der Waals surface area contributed by atoms with Crippen molar-refractivity contribution in [2.45, 2.75) is 32.1 Å². The van der Waals surface area contributed by atoms with Gasteiger partial charge < -0.3 is 16.0 Å². The van der Waals surface area contributed by atoms with Gasteiger partial charge >= 0.3 is 0 Å². The molecule has 6 heteroatoms. The van der Waals surface area contributed by atoms with Crippen molar-refractivity contribution in [2.75, 3.05) is 23.7 Å². The number of halogens is 1. The van der Waals surface area contributed by atoms with Crippen molar-refractivity contribution in [3.05, 3.63) is 59.9 Å². The van der Waals surface area contributed by atoms with Crippen molar-refractivity contribution in [2.24, 2.45) is 5.92 Å². The molecule has 0 aliphatic carbocycles. The molecule has 0 bridgehead atoms. The van der Waals surface area contributed by atoms with Crippen LogP contribution in [0.25, 0.3) is 0 Å². The van der Waals surface area contributed by atoms with Gasteiger partial charge in [0.1, 0.15) is 5.82 Å². The SMILES string of the molecule is O=C(CCC1CCNCC1)Nc1ccc(F)c(NC(=O)Cc2ccccc2)c1. The summed E-state index contributed by atoms with van der Waals surface area (Å²) in [5, 5.41) is 8.70. The highest BCUT2D eigenvalue weighted by atomic mass is 19.1. The molecule has 0 aromatic heterocycles. The van der Waals surface area contributed by atoms with E-state index in [1.807, 2.05) is 30.3 Å². The maximum atomic E-state index is 14.1. The molecule has 1 aliphatic heterocycles. The third-order valence-electron chi connectivity index (χ3n) is 4.97. The molecule has 3 rings (SSSR count). The highest BCUT2D eigenvalue weighted by Gasteiger charge is 2.15. The molecule has 2 aromatic carbocycles. The van der Waals surface area contributed by atoms with Crippen LogP contribution in [0.5, 0.6) is 0 Å². The molecule has 2 amide bonds. The maximum Gasteiger partial charge on any atom is 0.228 e. The van der Waals surface area contributed by atoms with E-state index in [0.29, 0.717) is 18.0 Å². The smallest absolute Gasteiger partial charge is 0.228 e. The van der Waals surface area contributed by atoms with E-state index in [1.165, 1.54) is 18.2 Å². The summed E-state index contributed by atoms with van der Waals surface area (Å²) in [6.45, 7) is 2.02. The lowest BCUT2D eigenvalue weighted by atomic mass is 9.93. The monoisotopic (exact) mass is 383 g/mol. The van der Waals surface area contributed by atoms with Crippen LogP contribution in [0, 0.1) is 11.7 Å². The summed E-state index contributed by atoms with van der Waals surface area (Å²) in [5.41, 5.74) is 1.39. The van der Waals surface area contributed by atoms with Crippen molar-refractivity contribution in [3.8, 4) is 0 Å². The average molecular weight is 383 g/mol. The molecule has 0 spiro atoms. The minimum Gasteiger partial charge on any atom is -0.326 e. The van der Waals surface area contributed by atoms with Gasteiger partial charge in [0, 0.05) is 12.1 Å². The number of carbonyl (C=O) groups is 2. The number of anilines is 2. The van der Waals surface area contributed by atoms with Crippen molar-refractivity contribution in [3.63, 3.8) is 0 Å². The second kappa shape index (κ2) is 9.99. The van der Waals surface area contributed by atoms with E-state index in [2.05, 4.69) is 16.0 Å². The average Bonchev–Trinajstić information content (AvgIpc) is 2.70. The second-order valence-electron chi connectivity index (χ2n) is 7.19. The van der Waals surface area contributed by atoms with Crippen molar-refractivity contribution < 1.29 is 14.0 Å². The summed E-state index contributed by atoms with van der Waals surface area (Å²) in [5.74, 6) is -0.353. The van der Waals surface area contributed by atoms with Gasteiger partial charge in [-0.15, -0.1) is 0 Å². The van der Waals surface area contributed by atoms with Gasteiger partial charge in [-0.2, -0.15) is 0 Å². The summed E-state index contributed by atoms with van der Waals surface area (Å²) in [6.07, 6.45) is 3.66. The highest BCUT2D eigenvalue weighted by Crippen LogP contribution is 2.22. The Balaban J connectivity index is 1.53. The Morgan fingerprint density at radius 2 is 1.75 bits per heavy atom. The van der Waals surface area contributed by atoms with E-state index in [9.17, 15) is 14.0 Å². The number of nitrogens with one attached hydrogen (secondary N) is 3. The zero-order chi connectivity index (χ0) is 19.8. The second-order valence-corrected chi connectivity index (χ2v) is 7.19. The Labute approximate surface area is 164 Å². The fourth-order valence-corrected chi connectivity index (χ4v) is 3.40. The molecule has 3 N–H and O–H groups in total. The third kappa shape index (κ3) is 6.16. The number of carbonyl (C=O) groups excluding carboxylic acids is 2. The fourth-order valence-electron chi connectivity index (χ4n) is 3.40. The van der Waals surface area contributed by atoms with Crippen LogP contribution >= 0.6 is 0 Å². The minimum atomic E-state index is -0.533. The van der Waals surface area contributed by atoms with Crippen LogP contribution in [0.2, 0.25) is 0 Å². The van der Waals surface area contributed by atoms with Crippen LogP contribution in [0.15, 0.2) is 48.5 Å². The van der Waals surface area contributed by atoms with Crippen molar-refractivity contribution in [1.82, 2.24) is 5.32 Å². The van der Waals surface area contributed by atoms with Gasteiger partial charge in [0.25, 0.3) is 0 Å². The molecule has 1 heterocycles. The molecule has 2 aromatic rings. The van der Waals surface area contributed by atoms with Gasteiger partial charge in [-0.1, -0.05) is 30.3 Å². The molecule has 0 unspecified atom stereocenters. The highest BCUT2D eigenvalue weighted by molar-refractivity contribution is 5.95. The topological polar surface area (TPSA) is 70.2 Å². The van der Waals surface area contributed by atoms with E-state index in [4.69, 9.17) is 0 Å². The molecule has 5 nitrogen and oxygen atoms in total. The Morgan fingerprint density at radius 3 is 2.50 bits per heavy atom. The molecule has 0 radical (unpaired) electrons. The number of amides is 2. The summed E-state index contributed by atoms with van der Waals surface area (Å²) in [4.78, 5) is 24.4. The van der Waals surface area contributed by atoms with E-state index in [-0.39, 0.29) is 23.9 Å². The fraction of sp³-hybridized carbons (Fsp3) is 0.364. The Hall–Kier alpha value is -2.73. The third-order valence-corrected chi connectivity index (χ3v) is 4.97. The lowest BCUT2D eigenvalue weighted by Crippen LogP contribution is -2.28. The zero-order valence-electron chi connectivity index (χ0n) is 15.8. The Bertz CT molecular complexity index is 805. The van der Waals surface area contributed by atoms with E-state index < -0.39 is 5.82 Å². The van der Waals surface area contributed by atoms with Gasteiger partial charge in [0.2, 0.25) is 11.8 Å². The first kappa shape index (κ1) is 20.0. The van der Waals surface area contributed by atoms with Crippen LogP contribution < -0.4 is 16.0 Å². The van der Waals surface area contributed by atoms with E-state index >= 15 is 0 Å². The van der Waals surface area contributed by atoms with Gasteiger partial charge in [0.05, 0.1) is 12.1 Å². The number of piperidine rings is 1. The predicted octanol–water partition coefficient (Wildman–Crippen LogP) is 3.73. The van der Waals surface area contributed by atoms with Crippen molar-refractivity contribution in [1.29, 1.82) is 0 Å². The normalized spacial score (nSPS) is 14.5. The van der Waals surface area contributed by atoms with Crippen LogP contribution in [0.3, 0.4) is 0 Å². The summed E-state index contributed by atoms with van der Waals surface area (Å²) in [7, 11) is 0.